The van der Waals surface area contributed by atoms with Gasteiger partial charge in [0.25, 0.3) is 0 Å². The number of aliphatic hydroxyl groups excluding tert-OH is 1. The molecule has 1 atom stereocenters. The predicted molar refractivity (Wildman–Crippen MR) is 54.9 cm³/mol. The minimum absolute atomic E-state index is 0.0811. The number of carbonyl (C=O) groups is 1. The average molecular weight is 213 g/mol. The molecule has 1 heterocycles. The molecule has 0 radical (unpaired) electrons. The number of aliphatic hydroxyl groups is 1. The molecule has 1 amide bonds. The monoisotopic (exact) mass is 213 g/mol. The molecule has 0 aromatic rings. The highest BCUT2D eigenvalue weighted by Crippen LogP contribution is 2.41. The Balaban J connectivity index is 1.89. The zero-order valence-corrected chi connectivity index (χ0v) is 9.24. The van der Waals surface area contributed by atoms with Crippen LogP contribution in [0.4, 0.5) is 0 Å². The molecule has 1 saturated heterocycles. The Morgan fingerprint density at radius 3 is 2.80 bits per heavy atom. The summed E-state index contributed by atoms with van der Waals surface area (Å²) in [6.45, 7) is 2.24. The first kappa shape index (κ1) is 10.9. The minimum atomic E-state index is -0.374. The van der Waals surface area contributed by atoms with Gasteiger partial charge < -0.3 is 5.11 Å². The van der Waals surface area contributed by atoms with Gasteiger partial charge in [0.05, 0.1) is 19.1 Å². The molecule has 1 N–H and O–H groups in total. The Morgan fingerprint density at radius 2 is 2.20 bits per heavy atom. The van der Waals surface area contributed by atoms with Crippen LogP contribution in [0.5, 0.6) is 0 Å². The number of hydrogen-bond acceptors (Lipinski definition) is 3. The normalized spacial score (nSPS) is 26.5. The van der Waals surface area contributed by atoms with Crippen molar-refractivity contribution < 1.29 is 14.7 Å². The van der Waals surface area contributed by atoms with Gasteiger partial charge in [0, 0.05) is 0 Å². The number of rotatable bonds is 3. The zero-order chi connectivity index (χ0) is 10.9. The summed E-state index contributed by atoms with van der Waals surface area (Å²) in [7, 11) is 0. The highest BCUT2D eigenvalue weighted by molar-refractivity contribution is 5.78. The van der Waals surface area contributed by atoms with Crippen LogP contribution >= 0.6 is 0 Å². The van der Waals surface area contributed by atoms with E-state index < -0.39 is 0 Å². The Labute approximate surface area is 90.2 Å². The molecule has 1 aliphatic heterocycles. The molecular formula is C11H19NO3. The van der Waals surface area contributed by atoms with Gasteiger partial charge in [0.1, 0.15) is 5.60 Å². The van der Waals surface area contributed by atoms with Crippen molar-refractivity contribution in [3.8, 4) is 0 Å². The van der Waals surface area contributed by atoms with Crippen LogP contribution in [0.15, 0.2) is 0 Å². The second-order valence-corrected chi connectivity index (χ2v) is 4.79. The lowest BCUT2D eigenvalue weighted by atomic mass is 9.99. The van der Waals surface area contributed by atoms with Gasteiger partial charge in [-0.1, -0.05) is 12.8 Å². The van der Waals surface area contributed by atoms with Crippen molar-refractivity contribution in [1.29, 1.82) is 0 Å². The molecule has 15 heavy (non-hydrogen) atoms. The van der Waals surface area contributed by atoms with Crippen molar-refractivity contribution in [1.82, 2.24) is 5.06 Å². The molecule has 1 spiro atoms. The van der Waals surface area contributed by atoms with E-state index in [1.807, 2.05) is 0 Å². The second-order valence-electron chi connectivity index (χ2n) is 4.79. The van der Waals surface area contributed by atoms with E-state index in [0.717, 1.165) is 25.7 Å². The first-order valence-electron chi connectivity index (χ1n) is 5.79. The van der Waals surface area contributed by atoms with Gasteiger partial charge in [-0.15, -0.1) is 0 Å². The number of nitrogens with zero attached hydrogens (tertiary/aromatic N) is 1. The van der Waals surface area contributed by atoms with Crippen LogP contribution in [-0.4, -0.2) is 34.3 Å². The molecule has 1 saturated carbocycles. The van der Waals surface area contributed by atoms with Crippen molar-refractivity contribution >= 4 is 5.91 Å². The molecule has 1 unspecified atom stereocenters. The number of hydrogen-bond donors (Lipinski definition) is 1. The fourth-order valence-corrected chi connectivity index (χ4v) is 2.44. The van der Waals surface area contributed by atoms with Crippen LogP contribution < -0.4 is 0 Å². The van der Waals surface area contributed by atoms with Crippen molar-refractivity contribution in [2.24, 2.45) is 0 Å². The van der Waals surface area contributed by atoms with Crippen LogP contribution in [0, 0.1) is 0 Å². The van der Waals surface area contributed by atoms with Crippen LogP contribution in [0.2, 0.25) is 0 Å². The van der Waals surface area contributed by atoms with Crippen molar-refractivity contribution in [2.45, 2.75) is 57.2 Å². The third kappa shape index (κ3) is 2.32. The van der Waals surface area contributed by atoms with Gasteiger partial charge in [-0.3, -0.25) is 9.63 Å². The third-order valence-electron chi connectivity index (χ3n) is 3.32. The molecule has 2 aliphatic rings. The molecule has 1 aliphatic carbocycles. The van der Waals surface area contributed by atoms with Crippen molar-refractivity contribution in [3.63, 3.8) is 0 Å². The van der Waals surface area contributed by atoms with Crippen LogP contribution in [-0.2, 0) is 9.63 Å². The van der Waals surface area contributed by atoms with E-state index in [9.17, 15) is 4.79 Å². The number of hydroxylamine groups is 2. The molecule has 4 heteroatoms. The van der Waals surface area contributed by atoms with Crippen LogP contribution in [0.3, 0.4) is 0 Å². The Hall–Kier alpha value is -0.610. The average Bonchev–Trinajstić information content (AvgIpc) is 2.72. The predicted octanol–water partition coefficient (Wildman–Crippen LogP) is 1.23. The quantitative estimate of drug-likeness (QED) is 0.767. The summed E-state index contributed by atoms with van der Waals surface area (Å²) in [5.41, 5.74) is -0.185. The lowest BCUT2D eigenvalue weighted by Gasteiger charge is -2.23. The summed E-state index contributed by atoms with van der Waals surface area (Å²) in [6, 6.07) is 0. The van der Waals surface area contributed by atoms with Gasteiger partial charge in [-0.25, -0.2) is 5.06 Å². The molecule has 0 aromatic heterocycles. The van der Waals surface area contributed by atoms with Gasteiger partial charge in [0.2, 0.25) is 5.91 Å². The summed E-state index contributed by atoms with van der Waals surface area (Å²) >= 11 is 0. The van der Waals surface area contributed by atoms with E-state index in [4.69, 9.17) is 9.94 Å². The van der Waals surface area contributed by atoms with E-state index >= 15 is 0 Å². The standard InChI is InChI=1S/C11H19NO3/c1-9(13)4-7-12-10(14)8-11(15-12)5-2-3-6-11/h9,13H,2-8H2,1H3. The Morgan fingerprint density at radius 1 is 1.53 bits per heavy atom. The summed E-state index contributed by atoms with van der Waals surface area (Å²) in [5, 5.41) is 10.6. The molecule has 2 rings (SSSR count). The van der Waals surface area contributed by atoms with Crippen molar-refractivity contribution in [3.05, 3.63) is 0 Å². The molecule has 2 fully saturated rings. The SMILES string of the molecule is CC(O)CCN1OC2(CCCC2)CC1=O. The van der Waals surface area contributed by atoms with E-state index in [2.05, 4.69) is 0 Å². The fourth-order valence-electron chi connectivity index (χ4n) is 2.44. The summed E-state index contributed by atoms with van der Waals surface area (Å²) in [6.07, 6.45) is 5.08. The fraction of sp³-hybridized carbons (Fsp3) is 0.909. The largest absolute Gasteiger partial charge is 0.393 e. The molecule has 86 valence electrons. The Kier molecular flexibility index (Phi) is 2.98. The van der Waals surface area contributed by atoms with Crippen LogP contribution in [0.25, 0.3) is 0 Å². The topological polar surface area (TPSA) is 49.8 Å². The van der Waals surface area contributed by atoms with E-state index in [-0.39, 0.29) is 17.6 Å². The highest BCUT2D eigenvalue weighted by atomic mass is 16.7. The highest BCUT2D eigenvalue weighted by Gasteiger charge is 2.46. The maximum absolute atomic E-state index is 11.7. The van der Waals surface area contributed by atoms with Crippen LogP contribution in [0.1, 0.15) is 45.4 Å². The van der Waals surface area contributed by atoms with Gasteiger partial charge in [-0.2, -0.15) is 0 Å². The molecule has 4 nitrogen and oxygen atoms in total. The maximum atomic E-state index is 11.7. The number of carbonyl (C=O) groups excluding carboxylic acids is 1. The van der Waals surface area contributed by atoms with E-state index in [0.29, 0.717) is 19.4 Å². The van der Waals surface area contributed by atoms with Gasteiger partial charge in [0.15, 0.2) is 0 Å². The first-order valence-corrected chi connectivity index (χ1v) is 5.79. The molecule has 0 bridgehead atoms. The lowest BCUT2D eigenvalue weighted by Crippen LogP contribution is -2.30. The maximum Gasteiger partial charge on any atom is 0.249 e. The van der Waals surface area contributed by atoms with Gasteiger partial charge in [-0.05, 0) is 26.2 Å². The smallest absolute Gasteiger partial charge is 0.249 e. The summed E-state index contributed by atoms with van der Waals surface area (Å²) in [5.74, 6) is 0.0811. The molecule has 0 aromatic carbocycles. The first-order chi connectivity index (χ1) is 7.11. The van der Waals surface area contributed by atoms with E-state index in [1.165, 1.54) is 5.06 Å². The minimum Gasteiger partial charge on any atom is -0.393 e. The second kappa shape index (κ2) is 4.10. The summed E-state index contributed by atoms with van der Waals surface area (Å²) < 4.78 is 0. The number of amides is 1. The van der Waals surface area contributed by atoms with Crippen molar-refractivity contribution in [2.75, 3.05) is 6.54 Å². The van der Waals surface area contributed by atoms with E-state index in [1.54, 1.807) is 6.92 Å². The Bertz CT molecular complexity index is 246. The third-order valence-corrected chi connectivity index (χ3v) is 3.32. The molecular weight excluding hydrogens is 194 g/mol. The zero-order valence-electron chi connectivity index (χ0n) is 9.24. The summed E-state index contributed by atoms with van der Waals surface area (Å²) in [4.78, 5) is 17.4. The van der Waals surface area contributed by atoms with Gasteiger partial charge >= 0.3 is 0 Å². The lowest BCUT2D eigenvalue weighted by molar-refractivity contribution is -0.199.